The molecule has 1 rings (SSSR count). The molecule has 14 heavy (non-hydrogen) atoms. The van der Waals surface area contributed by atoms with Gasteiger partial charge in [-0.05, 0) is 24.9 Å². The van der Waals surface area contributed by atoms with E-state index in [4.69, 9.17) is 5.41 Å². The maximum absolute atomic E-state index is 7.58. The molecule has 1 aromatic rings. The van der Waals surface area contributed by atoms with Gasteiger partial charge in [-0.15, -0.1) is 0 Å². The Bertz CT molecular complexity index is 403. The Morgan fingerprint density at radius 1 is 1.36 bits per heavy atom. The molecule has 1 N–H and O–H groups in total. The molecule has 0 bridgehead atoms. The summed E-state index contributed by atoms with van der Waals surface area (Å²) < 4.78 is 0. The van der Waals surface area contributed by atoms with Crippen molar-refractivity contribution < 1.29 is 0 Å². The van der Waals surface area contributed by atoms with Crippen molar-refractivity contribution >= 4 is 24.2 Å². The standard InChI is InChI=1S/C12H12N2/c1-4-9-8-10(11(13)5-2)6-7-12(9)14-3/h4-8,13H,1-3H2. The van der Waals surface area contributed by atoms with Gasteiger partial charge in [0.2, 0.25) is 0 Å². The van der Waals surface area contributed by atoms with E-state index in [0.29, 0.717) is 5.71 Å². The fourth-order valence-electron chi connectivity index (χ4n) is 1.15. The number of benzene rings is 1. The van der Waals surface area contributed by atoms with Gasteiger partial charge in [-0.3, -0.25) is 4.99 Å². The second-order valence-electron chi connectivity index (χ2n) is 2.75. The lowest BCUT2D eigenvalue weighted by atomic mass is 10.0. The fourth-order valence-corrected chi connectivity index (χ4v) is 1.15. The number of nitrogens with one attached hydrogen (secondary N) is 1. The predicted molar refractivity (Wildman–Crippen MR) is 62.8 cm³/mol. The van der Waals surface area contributed by atoms with Crippen LogP contribution in [0.3, 0.4) is 0 Å². The summed E-state index contributed by atoms with van der Waals surface area (Å²) in [4.78, 5) is 3.85. The van der Waals surface area contributed by atoms with Gasteiger partial charge in [0.15, 0.2) is 0 Å². The van der Waals surface area contributed by atoms with E-state index in [1.165, 1.54) is 6.08 Å². The zero-order valence-corrected chi connectivity index (χ0v) is 7.96. The lowest BCUT2D eigenvalue weighted by Crippen LogP contribution is -1.93. The Morgan fingerprint density at radius 2 is 2.07 bits per heavy atom. The maximum Gasteiger partial charge on any atom is 0.0694 e. The zero-order chi connectivity index (χ0) is 10.6. The van der Waals surface area contributed by atoms with Crippen molar-refractivity contribution in [1.82, 2.24) is 0 Å². The van der Waals surface area contributed by atoms with Crippen molar-refractivity contribution in [2.75, 3.05) is 0 Å². The summed E-state index contributed by atoms with van der Waals surface area (Å²) >= 11 is 0. The van der Waals surface area contributed by atoms with Crippen LogP contribution in [0.25, 0.3) is 6.08 Å². The van der Waals surface area contributed by atoms with E-state index in [1.807, 2.05) is 18.2 Å². The van der Waals surface area contributed by atoms with Crippen LogP contribution in [0.2, 0.25) is 0 Å². The molecule has 2 nitrogen and oxygen atoms in total. The predicted octanol–water partition coefficient (Wildman–Crippen LogP) is 3.22. The summed E-state index contributed by atoms with van der Waals surface area (Å²) in [6.07, 6.45) is 3.20. The highest BCUT2D eigenvalue weighted by Gasteiger charge is 2.01. The molecule has 0 spiro atoms. The van der Waals surface area contributed by atoms with Crippen molar-refractivity contribution in [3.8, 4) is 0 Å². The third kappa shape index (κ3) is 1.85. The summed E-state index contributed by atoms with van der Waals surface area (Å²) in [6, 6.07) is 5.49. The molecule has 0 heterocycles. The van der Waals surface area contributed by atoms with Gasteiger partial charge in [0.05, 0.1) is 11.4 Å². The number of hydrogen-bond acceptors (Lipinski definition) is 2. The topological polar surface area (TPSA) is 36.2 Å². The van der Waals surface area contributed by atoms with Crippen LogP contribution < -0.4 is 0 Å². The molecule has 0 aromatic heterocycles. The quantitative estimate of drug-likeness (QED) is 0.697. The van der Waals surface area contributed by atoms with E-state index in [9.17, 15) is 0 Å². The van der Waals surface area contributed by atoms with Gasteiger partial charge in [-0.25, -0.2) is 0 Å². The molecule has 1 aromatic carbocycles. The first-order valence-corrected chi connectivity index (χ1v) is 4.17. The highest BCUT2D eigenvalue weighted by Crippen LogP contribution is 2.21. The van der Waals surface area contributed by atoms with Crippen molar-refractivity contribution in [3.05, 3.63) is 48.6 Å². The molecule has 0 fully saturated rings. The van der Waals surface area contributed by atoms with Crippen LogP contribution in [-0.2, 0) is 0 Å². The Labute approximate surface area is 83.8 Å². The molecule has 0 saturated carbocycles. The SMILES string of the molecule is C=CC(=N)c1ccc(N=C)c(C=C)c1. The third-order valence-corrected chi connectivity index (χ3v) is 1.93. The summed E-state index contributed by atoms with van der Waals surface area (Å²) in [5, 5.41) is 7.58. The summed E-state index contributed by atoms with van der Waals surface area (Å²) in [6.45, 7) is 10.7. The minimum atomic E-state index is 0.392. The summed E-state index contributed by atoms with van der Waals surface area (Å²) in [7, 11) is 0. The summed E-state index contributed by atoms with van der Waals surface area (Å²) in [5.74, 6) is 0. The van der Waals surface area contributed by atoms with Gasteiger partial charge in [0.25, 0.3) is 0 Å². The van der Waals surface area contributed by atoms with E-state index in [-0.39, 0.29) is 0 Å². The third-order valence-electron chi connectivity index (χ3n) is 1.93. The smallest absolute Gasteiger partial charge is 0.0694 e. The molecule has 0 aliphatic carbocycles. The summed E-state index contributed by atoms with van der Waals surface area (Å²) in [5.41, 5.74) is 2.86. The van der Waals surface area contributed by atoms with Crippen molar-refractivity contribution in [2.24, 2.45) is 4.99 Å². The first-order chi connectivity index (χ1) is 6.72. The molecule has 0 atom stereocenters. The Kier molecular flexibility index (Phi) is 3.13. The second kappa shape index (κ2) is 4.33. The van der Waals surface area contributed by atoms with Crippen LogP contribution in [-0.4, -0.2) is 12.4 Å². The molecule has 2 heteroatoms. The lowest BCUT2D eigenvalue weighted by molar-refractivity contribution is 1.47. The number of rotatable bonds is 4. The highest BCUT2D eigenvalue weighted by molar-refractivity contribution is 6.06. The number of aliphatic imine (C=N–C) groups is 1. The van der Waals surface area contributed by atoms with Crippen molar-refractivity contribution in [1.29, 1.82) is 5.41 Å². The number of hydrogen-bond donors (Lipinski definition) is 1. The largest absolute Gasteiger partial charge is 0.300 e. The van der Waals surface area contributed by atoms with Crippen molar-refractivity contribution in [3.63, 3.8) is 0 Å². The molecule has 0 aliphatic rings. The number of nitrogens with zero attached hydrogens (tertiary/aromatic N) is 1. The van der Waals surface area contributed by atoms with E-state index in [0.717, 1.165) is 16.8 Å². The molecule has 0 amide bonds. The fraction of sp³-hybridized carbons (Fsp3) is 0. The maximum atomic E-state index is 7.58. The van der Waals surface area contributed by atoms with E-state index in [1.54, 1.807) is 6.08 Å². The van der Waals surface area contributed by atoms with Crippen LogP contribution in [0.1, 0.15) is 11.1 Å². The highest BCUT2D eigenvalue weighted by atomic mass is 14.7. The molecule has 0 saturated heterocycles. The Morgan fingerprint density at radius 3 is 2.57 bits per heavy atom. The first kappa shape index (κ1) is 10.1. The van der Waals surface area contributed by atoms with E-state index < -0.39 is 0 Å². The monoisotopic (exact) mass is 184 g/mol. The Hall–Kier alpha value is -1.96. The van der Waals surface area contributed by atoms with E-state index in [2.05, 4.69) is 24.9 Å². The average molecular weight is 184 g/mol. The molecular formula is C12H12N2. The van der Waals surface area contributed by atoms with Gasteiger partial charge in [0.1, 0.15) is 0 Å². The van der Waals surface area contributed by atoms with Crippen LogP contribution in [0.5, 0.6) is 0 Å². The molecule has 70 valence electrons. The zero-order valence-electron chi connectivity index (χ0n) is 7.96. The normalized spacial score (nSPS) is 9.14. The van der Waals surface area contributed by atoms with Crippen LogP contribution >= 0.6 is 0 Å². The van der Waals surface area contributed by atoms with Gasteiger partial charge < -0.3 is 5.41 Å². The number of allylic oxidation sites excluding steroid dienone is 1. The minimum Gasteiger partial charge on any atom is -0.300 e. The molecular weight excluding hydrogens is 172 g/mol. The van der Waals surface area contributed by atoms with Gasteiger partial charge in [0, 0.05) is 11.1 Å². The van der Waals surface area contributed by atoms with Crippen LogP contribution in [0.15, 0.2) is 42.4 Å². The minimum absolute atomic E-state index is 0.392. The molecule has 0 radical (unpaired) electrons. The van der Waals surface area contributed by atoms with Crippen molar-refractivity contribution in [2.45, 2.75) is 0 Å². The van der Waals surface area contributed by atoms with Gasteiger partial charge in [-0.2, -0.15) is 0 Å². The van der Waals surface area contributed by atoms with E-state index >= 15 is 0 Å². The average Bonchev–Trinajstić information content (AvgIpc) is 2.26. The molecule has 0 unspecified atom stereocenters. The second-order valence-corrected chi connectivity index (χ2v) is 2.75. The first-order valence-electron chi connectivity index (χ1n) is 4.17. The van der Waals surface area contributed by atoms with Crippen LogP contribution in [0, 0.1) is 5.41 Å². The molecule has 0 aliphatic heterocycles. The van der Waals surface area contributed by atoms with Crippen LogP contribution in [0.4, 0.5) is 5.69 Å². The van der Waals surface area contributed by atoms with Gasteiger partial charge >= 0.3 is 0 Å². The Balaban J connectivity index is 3.26. The van der Waals surface area contributed by atoms with Gasteiger partial charge in [-0.1, -0.05) is 25.3 Å². The lowest BCUT2D eigenvalue weighted by Gasteiger charge is -2.03.